The van der Waals surface area contributed by atoms with E-state index in [0.29, 0.717) is 23.5 Å². The molecule has 148 valence electrons. The highest BCUT2D eigenvalue weighted by molar-refractivity contribution is 5.97. The van der Waals surface area contributed by atoms with Gasteiger partial charge in [-0.15, -0.1) is 0 Å². The Morgan fingerprint density at radius 2 is 1.66 bits per heavy atom. The monoisotopic (exact) mass is 388 g/mol. The van der Waals surface area contributed by atoms with Gasteiger partial charge in [-0.25, -0.2) is 0 Å². The number of rotatable bonds is 7. The minimum Gasteiger partial charge on any atom is -0.484 e. The summed E-state index contributed by atoms with van der Waals surface area (Å²) in [5, 5.41) is 5.64. The average molecular weight is 388 g/mol. The smallest absolute Gasteiger partial charge is 0.262 e. The van der Waals surface area contributed by atoms with E-state index in [4.69, 9.17) is 4.74 Å². The number of benzene rings is 3. The Balaban J connectivity index is 1.53. The third kappa shape index (κ3) is 5.94. The van der Waals surface area contributed by atoms with Crippen LogP contribution < -0.4 is 15.4 Å². The molecule has 0 radical (unpaired) electrons. The van der Waals surface area contributed by atoms with Gasteiger partial charge in [0.2, 0.25) is 0 Å². The molecule has 0 spiro atoms. The summed E-state index contributed by atoms with van der Waals surface area (Å²) in [6.45, 7) is 4.36. The topological polar surface area (TPSA) is 67.4 Å². The normalized spacial score (nSPS) is 10.3. The number of ether oxygens (including phenoxy) is 1. The molecule has 3 rings (SSSR count). The summed E-state index contributed by atoms with van der Waals surface area (Å²) in [6, 6.07) is 22.2. The van der Waals surface area contributed by atoms with E-state index in [1.807, 2.05) is 62.4 Å². The van der Waals surface area contributed by atoms with Crippen LogP contribution in [-0.4, -0.2) is 18.4 Å². The molecule has 0 atom stereocenters. The summed E-state index contributed by atoms with van der Waals surface area (Å²) in [5.41, 5.74) is 4.33. The Hall–Kier alpha value is -3.60. The maximum absolute atomic E-state index is 12.4. The van der Waals surface area contributed by atoms with Crippen molar-refractivity contribution in [2.24, 2.45) is 0 Å². The van der Waals surface area contributed by atoms with Crippen LogP contribution >= 0.6 is 0 Å². The maximum Gasteiger partial charge on any atom is 0.262 e. The number of anilines is 1. The molecule has 3 aromatic rings. The zero-order valence-corrected chi connectivity index (χ0v) is 16.6. The van der Waals surface area contributed by atoms with Crippen LogP contribution in [0.15, 0.2) is 72.8 Å². The van der Waals surface area contributed by atoms with Gasteiger partial charge in [-0.2, -0.15) is 0 Å². The van der Waals surface area contributed by atoms with Crippen molar-refractivity contribution in [2.45, 2.75) is 20.4 Å². The van der Waals surface area contributed by atoms with Crippen LogP contribution in [0.25, 0.3) is 0 Å². The number of hydrogen-bond acceptors (Lipinski definition) is 3. The minimum atomic E-state index is -0.287. The van der Waals surface area contributed by atoms with Gasteiger partial charge >= 0.3 is 0 Å². The van der Waals surface area contributed by atoms with E-state index in [2.05, 4.69) is 10.6 Å². The summed E-state index contributed by atoms with van der Waals surface area (Å²) in [7, 11) is 0. The van der Waals surface area contributed by atoms with Crippen molar-refractivity contribution in [2.75, 3.05) is 11.9 Å². The van der Waals surface area contributed by atoms with Crippen LogP contribution in [-0.2, 0) is 11.3 Å². The highest BCUT2D eigenvalue weighted by atomic mass is 16.5. The number of carbonyl (C=O) groups excluding carboxylic acids is 2. The number of carbonyl (C=O) groups is 2. The third-order valence-corrected chi connectivity index (χ3v) is 4.55. The van der Waals surface area contributed by atoms with Gasteiger partial charge in [0.25, 0.3) is 11.8 Å². The summed E-state index contributed by atoms with van der Waals surface area (Å²) >= 11 is 0. The Morgan fingerprint density at radius 3 is 2.41 bits per heavy atom. The fraction of sp³-hybridized carbons (Fsp3) is 0.167. The second-order valence-electron chi connectivity index (χ2n) is 6.83. The summed E-state index contributed by atoms with van der Waals surface area (Å²) in [6.07, 6.45) is 0. The molecule has 0 fully saturated rings. The second-order valence-corrected chi connectivity index (χ2v) is 6.83. The molecule has 0 aliphatic rings. The molecule has 0 aromatic heterocycles. The molecule has 0 aliphatic carbocycles. The lowest BCUT2D eigenvalue weighted by molar-refractivity contribution is -0.118. The number of hydrogen-bond donors (Lipinski definition) is 2. The third-order valence-electron chi connectivity index (χ3n) is 4.55. The highest BCUT2D eigenvalue weighted by Gasteiger charge is 2.09. The van der Waals surface area contributed by atoms with Crippen molar-refractivity contribution < 1.29 is 14.3 Å². The lowest BCUT2D eigenvalue weighted by Crippen LogP contribution is -2.23. The zero-order valence-electron chi connectivity index (χ0n) is 16.6. The zero-order chi connectivity index (χ0) is 20.6. The van der Waals surface area contributed by atoms with E-state index in [0.717, 1.165) is 11.1 Å². The van der Waals surface area contributed by atoms with E-state index in [-0.39, 0.29) is 18.4 Å². The van der Waals surface area contributed by atoms with E-state index in [1.165, 1.54) is 5.56 Å². The van der Waals surface area contributed by atoms with Crippen molar-refractivity contribution in [3.8, 4) is 5.75 Å². The molecule has 0 saturated carbocycles. The van der Waals surface area contributed by atoms with Crippen molar-refractivity contribution >= 4 is 17.5 Å². The molecule has 2 N–H and O–H groups in total. The second kappa shape index (κ2) is 9.55. The van der Waals surface area contributed by atoms with Gasteiger partial charge in [0.1, 0.15) is 5.75 Å². The van der Waals surface area contributed by atoms with Gasteiger partial charge in [0, 0.05) is 17.8 Å². The Morgan fingerprint density at radius 1 is 0.862 bits per heavy atom. The van der Waals surface area contributed by atoms with Crippen LogP contribution in [0.5, 0.6) is 5.75 Å². The van der Waals surface area contributed by atoms with Crippen LogP contribution in [0.4, 0.5) is 5.69 Å². The van der Waals surface area contributed by atoms with Crippen LogP contribution in [0.1, 0.15) is 27.0 Å². The van der Waals surface area contributed by atoms with E-state index < -0.39 is 0 Å². The van der Waals surface area contributed by atoms with E-state index in [1.54, 1.807) is 24.3 Å². The molecule has 5 heteroatoms. The number of nitrogens with one attached hydrogen (secondary N) is 2. The van der Waals surface area contributed by atoms with Gasteiger partial charge in [-0.1, -0.05) is 42.5 Å². The molecule has 0 saturated heterocycles. The Labute approximate surface area is 170 Å². The first-order valence-corrected chi connectivity index (χ1v) is 9.43. The fourth-order valence-electron chi connectivity index (χ4n) is 2.77. The Kier molecular flexibility index (Phi) is 6.63. The minimum absolute atomic E-state index is 0.104. The maximum atomic E-state index is 12.4. The SMILES string of the molecule is Cc1ccc(OCC(=O)Nc2cccc(C(=O)NCc3ccccc3)c2)cc1C. The van der Waals surface area contributed by atoms with Gasteiger partial charge in [-0.3, -0.25) is 9.59 Å². The first-order chi connectivity index (χ1) is 14.0. The van der Waals surface area contributed by atoms with Crippen molar-refractivity contribution in [3.63, 3.8) is 0 Å². The quantitative estimate of drug-likeness (QED) is 0.636. The van der Waals surface area contributed by atoms with Crippen LogP contribution in [0.2, 0.25) is 0 Å². The average Bonchev–Trinajstić information content (AvgIpc) is 2.74. The lowest BCUT2D eigenvalue weighted by atomic mass is 10.1. The summed E-state index contributed by atoms with van der Waals surface area (Å²) < 4.78 is 5.55. The molecular formula is C24H24N2O3. The highest BCUT2D eigenvalue weighted by Crippen LogP contribution is 2.16. The van der Waals surface area contributed by atoms with Crippen LogP contribution in [0, 0.1) is 13.8 Å². The molecule has 0 bridgehead atoms. The first-order valence-electron chi connectivity index (χ1n) is 9.43. The van der Waals surface area contributed by atoms with Gasteiger partial charge < -0.3 is 15.4 Å². The summed E-state index contributed by atoms with van der Waals surface area (Å²) in [5.74, 6) is 0.165. The Bertz CT molecular complexity index is 1000. The fourth-order valence-corrected chi connectivity index (χ4v) is 2.77. The van der Waals surface area contributed by atoms with Crippen molar-refractivity contribution in [1.82, 2.24) is 5.32 Å². The predicted octanol–water partition coefficient (Wildman–Crippen LogP) is 4.25. The first kappa shape index (κ1) is 20.1. The molecule has 5 nitrogen and oxygen atoms in total. The molecule has 3 aromatic carbocycles. The van der Waals surface area contributed by atoms with Crippen molar-refractivity contribution in [1.29, 1.82) is 0 Å². The van der Waals surface area contributed by atoms with Gasteiger partial charge in [0.05, 0.1) is 0 Å². The van der Waals surface area contributed by atoms with E-state index in [9.17, 15) is 9.59 Å². The molecule has 0 unspecified atom stereocenters. The summed E-state index contributed by atoms with van der Waals surface area (Å²) in [4.78, 5) is 24.6. The van der Waals surface area contributed by atoms with Crippen LogP contribution in [0.3, 0.4) is 0 Å². The lowest BCUT2D eigenvalue weighted by Gasteiger charge is -2.10. The molecule has 2 amide bonds. The standard InChI is InChI=1S/C24H24N2O3/c1-17-11-12-22(13-18(17)2)29-16-23(27)26-21-10-6-9-20(14-21)24(28)25-15-19-7-4-3-5-8-19/h3-14H,15-16H2,1-2H3,(H,25,28)(H,26,27). The largest absolute Gasteiger partial charge is 0.484 e. The van der Waals surface area contributed by atoms with Gasteiger partial charge in [0.15, 0.2) is 6.61 Å². The number of amides is 2. The molecular weight excluding hydrogens is 364 g/mol. The molecule has 29 heavy (non-hydrogen) atoms. The molecule has 0 heterocycles. The molecule has 0 aliphatic heterocycles. The van der Waals surface area contributed by atoms with Gasteiger partial charge in [-0.05, 0) is 60.9 Å². The number of aryl methyl sites for hydroxylation is 2. The predicted molar refractivity (Wildman–Crippen MR) is 114 cm³/mol. The van der Waals surface area contributed by atoms with E-state index >= 15 is 0 Å². The van der Waals surface area contributed by atoms with Crippen molar-refractivity contribution in [3.05, 3.63) is 95.1 Å².